The second kappa shape index (κ2) is 5.99. The molecule has 0 saturated carbocycles. The monoisotopic (exact) mass is 279 g/mol. The molecule has 4 N–H and O–H groups in total. The zero-order valence-electron chi connectivity index (χ0n) is 9.27. The highest BCUT2D eigenvalue weighted by Crippen LogP contribution is 2.15. The van der Waals surface area contributed by atoms with Crippen LogP contribution in [-0.2, 0) is 10.0 Å². The van der Waals surface area contributed by atoms with Crippen LogP contribution in [0.15, 0.2) is 6.20 Å². The number of halogens is 1. The van der Waals surface area contributed by atoms with Crippen molar-refractivity contribution in [2.45, 2.75) is 6.92 Å². The SMILES string of the molecule is CCNS(=O)(=O)CCNc1nc(Cl)ncc1N. The summed E-state index contributed by atoms with van der Waals surface area (Å²) in [5.74, 6) is 0.263. The molecule has 1 heterocycles. The van der Waals surface area contributed by atoms with E-state index in [0.717, 1.165) is 0 Å². The van der Waals surface area contributed by atoms with Crippen molar-refractivity contribution in [3.05, 3.63) is 11.5 Å². The lowest BCUT2D eigenvalue weighted by Gasteiger charge is -2.08. The van der Waals surface area contributed by atoms with Gasteiger partial charge >= 0.3 is 0 Å². The molecule has 0 saturated heterocycles. The summed E-state index contributed by atoms with van der Waals surface area (Å²) in [6.07, 6.45) is 1.36. The molecule has 0 amide bonds. The fourth-order valence-corrected chi connectivity index (χ4v) is 2.20. The number of nitrogens with one attached hydrogen (secondary N) is 2. The van der Waals surface area contributed by atoms with E-state index in [1.54, 1.807) is 6.92 Å². The van der Waals surface area contributed by atoms with Gasteiger partial charge in [0.1, 0.15) is 0 Å². The third-order valence-corrected chi connectivity index (χ3v) is 3.47. The van der Waals surface area contributed by atoms with E-state index in [9.17, 15) is 8.42 Å². The second-order valence-electron chi connectivity index (χ2n) is 3.19. The summed E-state index contributed by atoms with van der Waals surface area (Å²) in [5.41, 5.74) is 5.90. The normalized spacial score (nSPS) is 11.4. The van der Waals surface area contributed by atoms with Crippen molar-refractivity contribution in [3.63, 3.8) is 0 Å². The molecule has 9 heteroatoms. The maximum Gasteiger partial charge on any atom is 0.224 e. The van der Waals surface area contributed by atoms with Crippen LogP contribution in [-0.4, -0.2) is 37.2 Å². The van der Waals surface area contributed by atoms with Crippen molar-refractivity contribution >= 4 is 33.1 Å². The van der Waals surface area contributed by atoms with Crippen molar-refractivity contribution in [2.75, 3.05) is 29.9 Å². The fraction of sp³-hybridized carbons (Fsp3) is 0.500. The van der Waals surface area contributed by atoms with Gasteiger partial charge in [0.15, 0.2) is 5.82 Å². The van der Waals surface area contributed by atoms with Crippen LogP contribution in [0, 0.1) is 0 Å². The van der Waals surface area contributed by atoms with Gasteiger partial charge in [-0.05, 0) is 11.6 Å². The summed E-state index contributed by atoms with van der Waals surface area (Å²) in [6, 6.07) is 0. The Morgan fingerprint density at radius 1 is 1.53 bits per heavy atom. The zero-order chi connectivity index (χ0) is 12.9. The van der Waals surface area contributed by atoms with Gasteiger partial charge in [-0.1, -0.05) is 6.92 Å². The topological polar surface area (TPSA) is 110 Å². The minimum absolute atomic E-state index is 0.0521. The number of nitrogen functional groups attached to an aromatic ring is 1. The zero-order valence-corrected chi connectivity index (χ0v) is 10.8. The first-order valence-electron chi connectivity index (χ1n) is 4.94. The molecule has 0 aliphatic rings. The standard InChI is InChI=1S/C8H14ClN5O2S/c1-2-13-17(15,16)4-3-11-7-6(10)5-12-8(9)14-7/h5,13H,2-4,10H2,1H3,(H,11,12,14). The average Bonchev–Trinajstić information content (AvgIpc) is 2.23. The highest BCUT2D eigenvalue weighted by Gasteiger charge is 2.09. The summed E-state index contributed by atoms with van der Waals surface area (Å²) in [5, 5.41) is 2.84. The van der Waals surface area contributed by atoms with E-state index in [-0.39, 0.29) is 17.6 Å². The van der Waals surface area contributed by atoms with Crippen molar-refractivity contribution in [1.29, 1.82) is 0 Å². The summed E-state index contributed by atoms with van der Waals surface area (Å²) in [7, 11) is -3.25. The van der Waals surface area contributed by atoms with Crippen molar-refractivity contribution in [3.8, 4) is 0 Å². The molecule has 0 atom stereocenters. The van der Waals surface area contributed by atoms with Gasteiger partial charge in [-0.25, -0.2) is 18.1 Å². The minimum Gasteiger partial charge on any atom is -0.394 e. The maximum absolute atomic E-state index is 11.3. The third kappa shape index (κ3) is 4.72. The molecule has 7 nitrogen and oxygen atoms in total. The van der Waals surface area contributed by atoms with E-state index >= 15 is 0 Å². The largest absolute Gasteiger partial charge is 0.394 e. The Balaban J connectivity index is 2.54. The molecular formula is C8H14ClN5O2S. The number of nitrogens with two attached hydrogens (primary N) is 1. The van der Waals surface area contributed by atoms with E-state index in [1.807, 2.05) is 0 Å². The number of rotatable bonds is 6. The van der Waals surface area contributed by atoms with Crippen molar-refractivity contribution in [1.82, 2.24) is 14.7 Å². The van der Waals surface area contributed by atoms with Crippen molar-refractivity contribution in [2.24, 2.45) is 0 Å². The Bertz CT molecular complexity index is 479. The molecule has 1 rings (SSSR count). The summed E-state index contributed by atoms with van der Waals surface area (Å²) in [4.78, 5) is 7.53. The summed E-state index contributed by atoms with van der Waals surface area (Å²) < 4.78 is 25.0. The van der Waals surface area contributed by atoms with Gasteiger partial charge in [0, 0.05) is 13.1 Å². The highest BCUT2D eigenvalue weighted by molar-refractivity contribution is 7.89. The molecule has 0 aliphatic carbocycles. The third-order valence-electron chi connectivity index (χ3n) is 1.82. The average molecular weight is 280 g/mol. The van der Waals surface area contributed by atoms with Crippen LogP contribution in [0.2, 0.25) is 5.28 Å². The minimum atomic E-state index is -3.25. The number of sulfonamides is 1. The van der Waals surface area contributed by atoms with Crippen LogP contribution < -0.4 is 15.8 Å². The van der Waals surface area contributed by atoms with E-state index in [2.05, 4.69) is 20.0 Å². The molecule has 0 bridgehead atoms. The van der Waals surface area contributed by atoms with Gasteiger partial charge in [-0.3, -0.25) is 0 Å². The maximum atomic E-state index is 11.3. The molecule has 0 aliphatic heterocycles. The Labute approximate surface area is 105 Å². The smallest absolute Gasteiger partial charge is 0.224 e. The Kier molecular flexibility index (Phi) is 4.91. The van der Waals surface area contributed by atoms with Gasteiger partial charge in [0.2, 0.25) is 15.3 Å². The van der Waals surface area contributed by atoms with Crippen LogP contribution in [0.25, 0.3) is 0 Å². The molecule has 0 spiro atoms. The molecule has 0 unspecified atom stereocenters. The highest BCUT2D eigenvalue weighted by atomic mass is 35.5. The van der Waals surface area contributed by atoms with Gasteiger partial charge in [-0.2, -0.15) is 4.98 Å². The number of aromatic nitrogens is 2. The predicted molar refractivity (Wildman–Crippen MR) is 67.4 cm³/mol. The molecule has 1 aromatic heterocycles. The van der Waals surface area contributed by atoms with E-state index in [0.29, 0.717) is 18.1 Å². The number of hydrogen-bond donors (Lipinski definition) is 3. The first kappa shape index (κ1) is 13.9. The fourth-order valence-electron chi connectivity index (χ4n) is 1.11. The molecular weight excluding hydrogens is 266 g/mol. The number of anilines is 2. The molecule has 96 valence electrons. The van der Waals surface area contributed by atoms with E-state index in [4.69, 9.17) is 17.3 Å². The van der Waals surface area contributed by atoms with Gasteiger partial charge in [0.25, 0.3) is 0 Å². The Morgan fingerprint density at radius 3 is 2.88 bits per heavy atom. The summed E-state index contributed by atoms with van der Waals surface area (Å²) >= 11 is 5.59. The van der Waals surface area contributed by atoms with Crippen molar-refractivity contribution < 1.29 is 8.42 Å². The lowest BCUT2D eigenvalue weighted by atomic mass is 10.5. The first-order chi connectivity index (χ1) is 7.94. The first-order valence-corrected chi connectivity index (χ1v) is 6.97. The molecule has 17 heavy (non-hydrogen) atoms. The molecule has 0 fully saturated rings. The molecule has 0 aromatic carbocycles. The van der Waals surface area contributed by atoms with Crippen LogP contribution in [0.3, 0.4) is 0 Å². The van der Waals surface area contributed by atoms with Crippen LogP contribution in [0.5, 0.6) is 0 Å². The lowest BCUT2D eigenvalue weighted by molar-refractivity contribution is 0.584. The molecule has 0 radical (unpaired) electrons. The van der Waals surface area contributed by atoms with Crippen LogP contribution in [0.1, 0.15) is 6.92 Å². The van der Waals surface area contributed by atoms with Crippen LogP contribution in [0.4, 0.5) is 11.5 Å². The Morgan fingerprint density at radius 2 is 2.24 bits per heavy atom. The van der Waals surface area contributed by atoms with Gasteiger partial charge in [0.05, 0.1) is 17.6 Å². The lowest BCUT2D eigenvalue weighted by Crippen LogP contribution is -2.29. The van der Waals surface area contributed by atoms with Crippen LogP contribution >= 0.6 is 11.6 Å². The van der Waals surface area contributed by atoms with Gasteiger partial charge in [-0.15, -0.1) is 0 Å². The number of nitrogens with zero attached hydrogens (tertiary/aromatic N) is 2. The number of hydrogen-bond acceptors (Lipinski definition) is 6. The predicted octanol–water partition coefficient (Wildman–Crippen LogP) is 0.0634. The second-order valence-corrected chi connectivity index (χ2v) is 5.45. The summed E-state index contributed by atoms with van der Waals surface area (Å²) in [6.45, 7) is 2.27. The Hall–Kier alpha value is -1.12. The van der Waals surface area contributed by atoms with Gasteiger partial charge < -0.3 is 11.1 Å². The van der Waals surface area contributed by atoms with E-state index in [1.165, 1.54) is 6.20 Å². The quantitative estimate of drug-likeness (QED) is 0.635. The molecule has 1 aromatic rings. The van der Waals surface area contributed by atoms with E-state index < -0.39 is 10.0 Å².